The van der Waals surface area contributed by atoms with Crippen LogP contribution in [0, 0.1) is 24.7 Å². The van der Waals surface area contributed by atoms with Crippen molar-refractivity contribution in [2.24, 2.45) is 17.8 Å². The third-order valence-electron chi connectivity index (χ3n) is 5.11. The molecule has 1 aromatic rings. The lowest BCUT2D eigenvalue weighted by molar-refractivity contribution is -0.123. The fourth-order valence-corrected chi connectivity index (χ4v) is 5.05. The van der Waals surface area contributed by atoms with E-state index in [9.17, 15) is 9.59 Å². The van der Waals surface area contributed by atoms with Crippen LogP contribution in [-0.4, -0.2) is 30.0 Å². The van der Waals surface area contributed by atoms with Crippen LogP contribution >= 0.6 is 11.3 Å². The molecule has 0 unspecified atom stereocenters. The van der Waals surface area contributed by atoms with E-state index in [2.05, 4.69) is 4.98 Å². The smallest absolute Gasteiger partial charge is 0.350 e. The highest BCUT2D eigenvalue weighted by molar-refractivity contribution is 7.17. The van der Waals surface area contributed by atoms with Gasteiger partial charge in [0.15, 0.2) is 5.13 Å². The molecule has 1 amide bonds. The highest BCUT2D eigenvalue weighted by Crippen LogP contribution is 2.49. The van der Waals surface area contributed by atoms with Crippen LogP contribution in [0.1, 0.15) is 54.9 Å². The second-order valence-corrected chi connectivity index (χ2v) is 7.47. The van der Waals surface area contributed by atoms with Crippen LogP contribution in [0.4, 0.5) is 5.13 Å². The molecule has 2 bridgehead atoms. The monoisotopic (exact) mass is 336 g/mol. The van der Waals surface area contributed by atoms with Crippen LogP contribution in [0.25, 0.3) is 0 Å². The van der Waals surface area contributed by atoms with E-state index in [-0.39, 0.29) is 17.8 Å². The fourth-order valence-electron chi connectivity index (χ4n) is 4.02. The lowest BCUT2D eigenvalue weighted by Crippen LogP contribution is -2.38. The first-order valence-electron chi connectivity index (χ1n) is 8.51. The van der Waals surface area contributed by atoms with Gasteiger partial charge >= 0.3 is 5.97 Å². The van der Waals surface area contributed by atoms with Crippen LogP contribution in [0.3, 0.4) is 0 Å². The summed E-state index contributed by atoms with van der Waals surface area (Å²) in [6.07, 6.45) is 4.70. The van der Waals surface area contributed by atoms with Crippen LogP contribution < -0.4 is 4.90 Å². The van der Waals surface area contributed by atoms with Gasteiger partial charge in [-0.1, -0.05) is 17.8 Å². The van der Waals surface area contributed by atoms with Crippen molar-refractivity contribution in [3.05, 3.63) is 10.6 Å². The molecule has 2 saturated carbocycles. The highest BCUT2D eigenvalue weighted by atomic mass is 32.1. The van der Waals surface area contributed by atoms with Crippen molar-refractivity contribution < 1.29 is 14.3 Å². The van der Waals surface area contributed by atoms with E-state index < -0.39 is 0 Å². The summed E-state index contributed by atoms with van der Waals surface area (Å²) in [5.74, 6) is 1.26. The largest absolute Gasteiger partial charge is 0.462 e. The van der Waals surface area contributed by atoms with E-state index in [0.29, 0.717) is 34.8 Å². The quantitative estimate of drug-likeness (QED) is 0.773. The van der Waals surface area contributed by atoms with Crippen LogP contribution in [0.2, 0.25) is 0 Å². The molecule has 0 N–H and O–H groups in total. The molecule has 0 radical (unpaired) electrons. The minimum Gasteiger partial charge on any atom is -0.462 e. The standard InChI is InChI=1S/C17H24N2O3S/c1-4-19(15(20)13-9-11-6-7-12(13)8-11)17-18-10(3)14(23-17)16(21)22-5-2/h11-13H,4-9H2,1-3H3/t11-,12-,13-/m0/s1. The molecule has 2 aliphatic rings. The topological polar surface area (TPSA) is 59.5 Å². The first-order valence-corrected chi connectivity index (χ1v) is 9.32. The molecule has 2 fully saturated rings. The lowest BCUT2D eigenvalue weighted by Gasteiger charge is -2.26. The van der Waals surface area contributed by atoms with Crippen LogP contribution in [0.15, 0.2) is 0 Å². The summed E-state index contributed by atoms with van der Waals surface area (Å²) in [4.78, 5) is 31.6. The van der Waals surface area contributed by atoms with E-state index in [1.807, 2.05) is 6.92 Å². The Kier molecular flexibility index (Phi) is 4.71. The normalized spacial score (nSPS) is 25.6. The zero-order valence-corrected chi connectivity index (χ0v) is 14.8. The number of amides is 1. The molecule has 126 valence electrons. The van der Waals surface area contributed by atoms with Gasteiger partial charge in [-0.25, -0.2) is 9.78 Å². The molecule has 0 aliphatic heterocycles. The van der Waals surface area contributed by atoms with Crippen molar-refractivity contribution in [3.8, 4) is 0 Å². The highest BCUT2D eigenvalue weighted by Gasteiger charge is 2.44. The minimum absolute atomic E-state index is 0.143. The van der Waals surface area contributed by atoms with Crippen molar-refractivity contribution in [2.75, 3.05) is 18.1 Å². The zero-order chi connectivity index (χ0) is 16.6. The van der Waals surface area contributed by atoms with Gasteiger partial charge in [-0.15, -0.1) is 0 Å². The summed E-state index contributed by atoms with van der Waals surface area (Å²) < 4.78 is 5.06. The maximum Gasteiger partial charge on any atom is 0.350 e. The Bertz CT molecular complexity index is 613. The molecule has 2 aliphatic carbocycles. The molecular weight excluding hydrogens is 312 g/mol. The summed E-state index contributed by atoms with van der Waals surface area (Å²) in [6, 6.07) is 0. The Morgan fingerprint density at radius 3 is 2.65 bits per heavy atom. The molecule has 23 heavy (non-hydrogen) atoms. The molecule has 1 aromatic heterocycles. The van der Waals surface area contributed by atoms with Gasteiger partial charge in [-0.05, 0) is 51.9 Å². The number of thiazole rings is 1. The summed E-state index contributed by atoms with van der Waals surface area (Å²) in [5, 5.41) is 0.626. The summed E-state index contributed by atoms with van der Waals surface area (Å²) in [5.41, 5.74) is 0.641. The number of nitrogens with zero attached hydrogens (tertiary/aromatic N) is 2. The predicted octanol–water partition coefficient (Wildman–Crippen LogP) is 3.42. The van der Waals surface area contributed by atoms with Gasteiger partial charge in [0.1, 0.15) is 4.88 Å². The number of aryl methyl sites for hydroxylation is 1. The minimum atomic E-state index is -0.350. The first-order chi connectivity index (χ1) is 11.0. The summed E-state index contributed by atoms with van der Waals surface area (Å²) in [6.45, 7) is 6.47. The summed E-state index contributed by atoms with van der Waals surface area (Å²) in [7, 11) is 0. The van der Waals surface area contributed by atoms with Crippen molar-refractivity contribution >= 4 is 28.3 Å². The Hall–Kier alpha value is -1.43. The third kappa shape index (κ3) is 3.01. The van der Waals surface area contributed by atoms with Crippen LogP contribution in [0.5, 0.6) is 0 Å². The van der Waals surface area contributed by atoms with E-state index in [1.165, 1.54) is 30.6 Å². The van der Waals surface area contributed by atoms with E-state index in [4.69, 9.17) is 4.74 Å². The van der Waals surface area contributed by atoms with Gasteiger partial charge in [-0.2, -0.15) is 0 Å². The van der Waals surface area contributed by atoms with Gasteiger partial charge in [0.2, 0.25) is 5.91 Å². The number of rotatable bonds is 5. The molecule has 6 heteroatoms. The van der Waals surface area contributed by atoms with Gasteiger partial charge < -0.3 is 4.74 Å². The van der Waals surface area contributed by atoms with Gasteiger partial charge in [-0.3, -0.25) is 9.69 Å². The molecule has 3 rings (SSSR count). The maximum absolute atomic E-state index is 13.0. The molecule has 0 spiro atoms. The second-order valence-electron chi connectivity index (χ2n) is 6.50. The van der Waals surface area contributed by atoms with Crippen molar-refractivity contribution in [1.29, 1.82) is 0 Å². The SMILES string of the molecule is CCOC(=O)c1sc(N(CC)C(=O)[C@H]2C[C@H]3CC[C@H]2C3)nc1C. The maximum atomic E-state index is 13.0. The second kappa shape index (κ2) is 6.59. The van der Waals surface area contributed by atoms with E-state index in [0.717, 1.165) is 12.3 Å². The number of anilines is 1. The average molecular weight is 336 g/mol. The predicted molar refractivity (Wildman–Crippen MR) is 89.8 cm³/mol. The molecule has 0 saturated heterocycles. The fraction of sp³-hybridized carbons (Fsp3) is 0.706. The van der Waals surface area contributed by atoms with Gasteiger partial charge in [0, 0.05) is 12.5 Å². The van der Waals surface area contributed by atoms with Crippen molar-refractivity contribution in [2.45, 2.75) is 46.5 Å². The van der Waals surface area contributed by atoms with Crippen molar-refractivity contribution in [1.82, 2.24) is 4.98 Å². The Labute approximate surface area is 141 Å². The Morgan fingerprint density at radius 1 is 1.30 bits per heavy atom. The molecule has 0 aromatic carbocycles. The molecule has 5 nitrogen and oxygen atoms in total. The van der Waals surface area contributed by atoms with Gasteiger partial charge in [0.25, 0.3) is 0 Å². The number of hydrogen-bond acceptors (Lipinski definition) is 5. The number of carbonyl (C=O) groups excluding carboxylic acids is 2. The van der Waals surface area contributed by atoms with Gasteiger partial charge in [0.05, 0.1) is 12.3 Å². The van der Waals surface area contributed by atoms with Crippen molar-refractivity contribution in [3.63, 3.8) is 0 Å². The molecular formula is C17H24N2O3S. The Balaban J connectivity index is 1.79. The number of esters is 1. The number of hydrogen-bond donors (Lipinski definition) is 0. The van der Waals surface area contributed by atoms with Crippen LogP contribution in [-0.2, 0) is 9.53 Å². The zero-order valence-electron chi connectivity index (χ0n) is 14.0. The number of carbonyl (C=O) groups is 2. The first kappa shape index (κ1) is 16.4. The lowest BCUT2D eigenvalue weighted by atomic mass is 9.88. The van der Waals surface area contributed by atoms with E-state index >= 15 is 0 Å². The number of aromatic nitrogens is 1. The third-order valence-corrected chi connectivity index (χ3v) is 6.28. The number of ether oxygens (including phenoxy) is 1. The molecule has 3 atom stereocenters. The number of fused-ring (bicyclic) bond motifs is 2. The average Bonchev–Trinajstić information content (AvgIpc) is 3.23. The molecule has 1 heterocycles. The van der Waals surface area contributed by atoms with E-state index in [1.54, 1.807) is 18.7 Å². The Morgan fingerprint density at radius 2 is 2.09 bits per heavy atom. The summed E-state index contributed by atoms with van der Waals surface area (Å²) >= 11 is 1.27.